The Morgan fingerprint density at radius 1 is 1.35 bits per heavy atom. The summed E-state index contributed by atoms with van der Waals surface area (Å²) in [6, 6.07) is 0.442. The van der Waals surface area contributed by atoms with E-state index in [4.69, 9.17) is 9.73 Å². The van der Waals surface area contributed by atoms with Gasteiger partial charge in [0.1, 0.15) is 0 Å². The van der Waals surface area contributed by atoms with E-state index in [2.05, 4.69) is 51.8 Å². The lowest BCUT2D eigenvalue weighted by Crippen LogP contribution is -2.49. The summed E-state index contributed by atoms with van der Waals surface area (Å²) < 4.78 is 8.09. The number of guanidine groups is 1. The molecule has 0 amide bonds. The Morgan fingerprint density at radius 3 is 2.88 bits per heavy atom. The Labute approximate surface area is 174 Å². The molecule has 0 saturated carbocycles. The van der Waals surface area contributed by atoms with Crippen LogP contribution in [-0.4, -0.2) is 84.3 Å². The first kappa shape index (κ1) is 21.4. The number of likely N-dealkylation sites (tertiary alicyclic amines) is 1. The van der Waals surface area contributed by atoms with Crippen LogP contribution >= 0.6 is 24.0 Å². The topological polar surface area (TPSA) is 57.9 Å². The SMILES string of the molecule is CCNC(=NCC1CN(C)CCO1)N1CCC(C)C(n2ccnc2)C1.I. The molecule has 3 atom stereocenters. The normalized spacial score (nSPS) is 27.9. The van der Waals surface area contributed by atoms with Crippen molar-refractivity contribution in [3.8, 4) is 0 Å². The van der Waals surface area contributed by atoms with E-state index in [1.807, 2.05) is 12.5 Å². The molecule has 0 spiro atoms. The van der Waals surface area contributed by atoms with Gasteiger partial charge in [0, 0.05) is 45.1 Å². The van der Waals surface area contributed by atoms with Gasteiger partial charge >= 0.3 is 0 Å². The van der Waals surface area contributed by atoms with Gasteiger partial charge in [0.05, 0.1) is 31.6 Å². The predicted molar refractivity (Wildman–Crippen MR) is 115 cm³/mol. The van der Waals surface area contributed by atoms with Crippen LogP contribution in [0.3, 0.4) is 0 Å². The first-order chi connectivity index (χ1) is 12.2. The number of rotatable bonds is 4. The lowest BCUT2D eigenvalue weighted by molar-refractivity contribution is -0.0137. The monoisotopic (exact) mass is 476 g/mol. The fourth-order valence-corrected chi connectivity index (χ4v) is 3.69. The van der Waals surface area contributed by atoms with Crippen molar-refractivity contribution in [1.29, 1.82) is 0 Å². The quantitative estimate of drug-likeness (QED) is 0.407. The molecule has 7 nitrogen and oxygen atoms in total. The van der Waals surface area contributed by atoms with Gasteiger partial charge in [-0.25, -0.2) is 4.98 Å². The third-order valence-electron chi connectivity index (χ3n) is 5.25. The Morgan fingerprint density at radius 2 is 2.19 bits per heavy atom. The van der Waals surface area contributed by atoms with Crippen molar-refractivity contribution < 1.29 is 4.74 Å². The van der Waals surface area contributed by atoms with Crippen molar-refractivity contribution in [2.24, 2.45) is 10.9 Å². The summed E-state index contributed by atoms with van der Waals surface area (Å²) in [6.07, 6.45) is 7.22. The molecule has 1 aromatic heterocycles. The van der Waals surface area contributed by atoms with Gasteiger partial charge in [0.15, 0.2) is 5.96 Å². The highest BCUT2D eigenvalue weighted by atomic mass is 127. The molecule has 2 aliphatic rings. The molecule has 0 aromatic carbocycles. The van der Waals surface area contributed by atoms with Gasteiger partial charge in [-0.3, -0.25) is 4.99 Å². The summed E-state index contributed by atoms with van der Waals surface area (Å²) in [5, 5.41) is 3.47. The highest BCUT2D eigenvalue weighted by molar-refractivity contribution is 14.0. The van der Waals surface area contributed by atoms with Gasteiger partial charge in [0.2, 0.25) is 0 Å². The summed E-state index contributed by atoms with van der Waals surface area (Å²) in [4.78, 5) is 13.8. The van der Waals surface area contributed by atoms with Crippen LogP contribution in [0.1, 0.15) is 26.3 Å². The van der Waals surface area contributed by atoms with E-state index in [0.717, 1.165) is 51.7 Å². The smallest absolute Gasteiger partial charge is 0.194 e. The number of nitrogens with one attached hydrogen (secondary N) is 1. The van der Waals surface area contributed by atoms with Crippen LogP contribution in [0.15, 0.2) is 23.7 Å². The average Bonchev–Trinajstić information content (AvgIpc) is 3.14. The zero-order valence-electron chi connectivity index (χ0n) is 16.2. The summed E-state index contributed by atoms with van der Waals surface area (Å²) in [5.41, 5.74) is 0. The van der Waals surface area contributed by atoms with Crippen LogP contribution in [-0.2, 0) is 4.74 Å². The molecule has 0 bridgehead atoms. The molecule has 1 N–H and O–H groups in total. The molecule has 0 aliphatic carbocycles. The third-order valence-corrected chi connectivity index (χ3v) is 5.25. The number of hydrogen-bond donors (Lipinski definition) is 1. The Kier molecular flexibility index (Phi) is 8.62. The van der Waals surface area contributed by atoms with Crippen LogP contribution in [0.25, 0.3) is 0 Å². The van der Waals surface area contributed by atoms with E-state index in [-0.39, 0.29) is 30.1 Å². The van der Waals surface area contributed by atoms with E-state index >= 15 is 0 Å². The lowest BCUT2D eigenvalue weighted by atomic mass is 9.93. The minimum atomic E-state index is 0. The van der Waals surface area contributed by atoms with Crippen molar-refractivity contribution >= 4 is 29.9 Å². The summed E-state index contributed by atoms with van der Waals surface area (Å²) in [6.45, 7) is 10.8. The maximum Gasteiger partial charge on any atom is 0.194 e. The van der Waals surface area contributed by atoms with Gasteiger partial charge < -0.3 is 24.4 Å². The van der Waals surface area contributed by atoms with Gasteiger partial charge in [-0.15, -0.1) is 24.0 Å². The number of ether oxygens (including phenoxy) is 1. The molecular weight excluding hydrogens is 443 g/mol. The average molecular weight is 476 g/mol. The fraction of sp³-hybridized carbons (Fsp3) is 0.778. The molecule has 1 aromatic rings. The van der Waals surface area contributed by atoms with Crippen LogP contribution < -0.4 is 5.32 Å². The standard InChI is InChI=1S/C18H32N6O.HI/c1-4-20-18(21-11-16-12-22(3)9-10-25-16)23-7-5-15(2)17(13-23)24-8-6-19-14-24;/h6,8,14-17H,4-5,7,9-13H2,1-3H3,(H,20,21);1H. The minimum Gasteiger partial charge on any atom is -0.374 e. The highest BCUT2D eigenvalue weighted by Crippen LogP contribution is 2.27. The molecule has 2 fully saturated rings. The molecule has 3 heterocycles. The summed E-state index contributed by atoms with van der Waals surface area (Å²) in [5.74, 6) is 1.65. The fourth-order valence-electron chi connectivity index (χ4n) is 3.69. The van der Waals surface area contributed by atoms with Crippen molar-refractivity contribution in [2.75, 3.05) is 52.9 Å². The number of morpholine rings is 1. The maximum absolute atomic E-state index is 5.85. The van der Waals surface area contributed by atoms with E-state index in [1.165, 1.54) is 0 Å². The second kappa shape index (κ2) is 10.5. The Hall–Kier alpha value is -0.870. The Balaban J connectivity index is 0.00000243. The number of hydrogen-bond acceptors (Lipinski definition) is 4. The zero-order valence-corrected chi connectivity index (χ0v) is 18.5. The molecule has 3 rings (SSSR count). The largest absolute Gasteiger partial charge is 0.374 e. The maximum atomic E-state index is 5.85. The zero-order chi connectivity index (χ0) is 17.6. The number of imidazole rings is 1. The van der Waals surface area contributed by atoms with Gasteiger partial charge in [-0.05, 0) is 26.3 Å². The first-order valence-corrected chi connectivity index (χ1v) is 9.48. The van der Waals surface area contributed by atoms with Crippen molar-refractivity contribution in [1.82, 2.24) is 24.7 Å². The van der Waals surface area contributed by atoms with E-state index in [9.17, 15) is 0 Å². The second-order valence-corrected chi connectivity index (χ2v) is 7.24. The number of aromatic nitrogens is 2. The number of nitrogens with zero attached hydrogens (tertiary/aromatic N) is 5. The van der Waals surface area contributed by atoms with Crippen molar-refractivity contribution in [3.63, 3.8) is 0 Å². The van der Waals surface area contributed by atoms with Crippen molar-refractivity contribution in [2.45, 2.75) is 32.4 Å². The minimum absolute atomic E-state index is 0. The summed E-state index contributed by atoms with van der Waals surface area (Å²) >= 11 is 0. The van der Waals surface area contributed by atoms with Crippen molar-refractivity contribution in [3.05, 3.63) is 18.7 Å². The van der Waals surface area contributed by atoms with Crippen LogP contribution in [0.2, 0.25) is 0 Å². The van der Waals surface area contributed by atoms with E-state index in [1.54, 1.807) is 0 Å². The molecule has 0 radical (unpaired) electrons. The van der Waals surface area contributed by atoms with Gasteiger partial charge in [-0.1, -0.05) is 6.92 Å². The predicted octanol–water partition coefficient (Wildman–Crippen LogP) is 1.68. The first-order valence-electron chi connectivity index (χ1n) is 9.48. The van der Waals surface area contributed by atoms with Gasteiger partial charge in [-0.2, -0.15) is 0 Å². The van der Waals surface area contributed by atoms with Crippen LogP contribution in [0.4, 0.5) is 0 Å². The molecule has 2 aliphatic heterocycles. The number of halogens is 1. The van der Waals surface area contributed by atoms with Gasteiger partial charge in [0.25, 0.3) is 0 Å². The second-order valence-electron chi connectivity index (χ2n) is 7.24. The molecule has 8 heteroatoms. The third kappa shape index (κ3) is 5.56. The van der Waals surface area contributed by atoms with Crippen LogP contribution in [0, 0.1) is 5.92 Å². The molecule has 2 saturated heterocycles. The molecule has 148 valence electrons. The molecule has 3 unspecified atom stereocenters. The number of aliphatic imine (C=N–C) groups is 1. The molecular formula is C18H33IN6O. The lowest BCUT2D eigenvalue weighted by Gasteiger charge is -2.39. The number of piperidine rings is 1. The van der Waals surface area contributed by atoms with E-state index in [0.29, 0.717) is 18.5 Å². The van der Waals surface area contributed by atoms with E-state index < -0.39 is 0 Å². The molecule has 26 heavy (non-hydrogen) atoms. The summed E-state index contributed by atoms with van der Waals surface area (Å²) in [7, 11) is 2.15. The highest BCUT2D eigenvalue weighted by Gasteiger charge is 2.29. The number of likely N-dealkylation sites (N-methyl/N-ethyl adjacent to an activating group) is 1. The van der Waals surface area contributed by atoms with Crippen LogP contribution in [0.5, 0.6) is 0 Å². The Bertz CT molecular complexity index is 552.